The van der Waals surface area contributed by atoms with E-state index in [1.807, 2.05) is 17.9 Å². The lowest BCUT2D eigenvalue weighted by Gasteiger charge is -2.35. The number of nitrogens with zero attached hydrogens (tertiary/aromatic N) is 3. The van der Waals surface area contributed by atoms with E-state index in [1.165, 1.54) is 6.07 Å². The molecule has 2 heterocycles. The first-order valence-electron chi connectivity index (χ1n) is 10.5. The lowest BCUT2D eigenvalue weighted by molar-refractivity contribution is -0.137. The molecule has 0 spiro atoms. The Hall–Kier alpha value is -3.30. The van der Waals surface area contributed by atoms with E-state index < -0.39 is 11.7 Å². The number of hydrogen-bond donors (Lipinski definition) is 2. The molecule has 1 saturated carbocycles. The van der Waals surface area contributed by atoms with Gasteiger partial charge >= 0.3 is 12.2 Å². The van der Waals surface area contributed by atoms with Crippen molar-refractivity contribution in [2.45, 2.75) is 25.9 Å². The van der Waals surface area contributed by atoms with Gasteiger partial charge in [0.05, 0.1) is 5.56 Å². The van der Waals surface area contributed by atoms with Gasteiger partial charge in [-0.2, -0.15) is 13.2 Å². The second-order valence-corrected chi connectivity index (χ2v) is 8.10. The number of amides is 3. The zero-order valence-corrected chi connectivity index (χ0v) is 17.6. The Balaban J connectivity index is 1.33. The molecule has 1 aromatic heterocycles. The van der Waals surface area contributed by atoms with Gasteiger partial charge in [0.2, 0.25) is 5.91 Å². The second-order valence-electron chi connectivity index (χ2n) is 8.10. The minimum Gasteiger partial charge on any atom is -0.353 e. The van der Waals surface area contributed by atoms with Crippen LogP contribution in [0.1, 0.15) is 24.0 Å². The number of nitrogens with one attached hydrogen (secondary N) is 2. The number of piperazine rings is 1. The number of carbonyl (C=O) groups is 2. The number of urea groups is 1. The SMILES string of the molecule is Cc1ccc(NC(=O)C2CC2)cc1NC(=O)N1CCN(c2ccc(C(F)(F)F)cn2)CC1. The van der Waals surface area contributed by atoms with E-state index in [0.717, 1.165) is 30.7 Å². The summed E-state index contributed by atoms with van der Waals surface area (Å²) in [6, 6.07) is 7.49. The van der Waals surface area contributed by atoms with Crippen molar-refractivity contribution in [1.82, 2.24) is 9.88 Å². The molecule has 3 amide bonds. The number of rotatable bonds is 4. The fourth-order valence-electron chi connectivity index (χ4n) is 3.50. The molecule has 2 fully saturated rings. The first-order chi connectivity index (χ1) is 15.2. The van der Waals surface area contributed by atoms with Crippen molar-refractivity contribution in [3.05, 3.63) is 47.7 Å². The van der Waals surface area contributed by atoms with Crippen LogP contribution in [0, 0.1) is 12.8 Å². The summed E-state index contributed by atoms with van der Waals surface area (Å²) in [4.78, 5) is 32.1. The van der Waals surface area contributed by atoms with Crippen LogP contribution in [0.3, 0.4) is 0 Å². The topological polar surface area (TPSA) is 77.6 Å². The summed E-state index contributed by atoms with van der Waals surface area (Å²) < 4.78 is 38.1. The summed E-state index contributed by atoms with van der Waals surface area (Å²) in [5, 5.41) is 5.77. The molecule has 1 aliphatic carbocycles. The predicted molar refractivity (Wildman–Crippen MR) is 115 cm³/mol. The van der Waals surface area contributed by atoms with Gasteiger partial charge in [-0.15, -0.1) is 0 Å². The number of hydrogen-bond acceptors (Lipinski definition) is 4. The van der Waals surface area contributed by atoms with Gasteiger partial charge in [0, 0.05) is 49.7 Å². The maximum absolute atomic E-state index is 12.7. The van der Waals surface area contributed by atoms with Gasteiger partial charge in [-0.3, -0.25) is 4.79 Å². The third kappa shape index (κ3) is 5.12. The van der Waals surface area contributed by atoms with Crippen LogP contribution in [0.5, 0.6) is 0 Å². The molecule has 2 aromatic rings. The van der Waals surface area contributed by atoms with E-state index in [9.17, 15) is 22.8 Å². The molecule has 170 valence electrons. The summed E-state index contributed by atoms with van der Waals surface area (Å²) in [7, 11) is 0. The minimum atomic E-state index is -4.42. The van der Waals surface area contributed by atoms with E-state index in [4.69, 9.17) is 0 Å². The number of benzene rings is 1. The van der Waals surface area contributed by atoms with E-state index in [-0.39, 0.29) is 17.9 Å². The van der Waals surface area contributed by atoms with Crippen LogP contribution in [0.4, 0.5) is 35.2 Å². The summed E-state index contributed by atoms with van der Waals surface area (Å²) in [5.74, 6) is 0.539. The molecule has 32 heavy (non-hydrogen) atoms. The van der Waals surface area contributed by atoms with Crippen LogP contribution in [0.15, 0.2) is 36.5 Å². The average Bonchev–Trinajstić information content (AvgIpc) is 3.61. The van der Waals surface area contributed by atoms with Gasteiger partial charge in [-0.05, 0) is 49.6 Å². The number of aryl methyl sites for hydroxylation is 1. The van der Waals surface area contributed by atoms with Crippen LogP contribution < -0.4 is 15.5 Å². The number of pyridine rings is 1. The number of aromatic nitrogens is 1. The predicted octanol–water partition coefficient (Wildman–Crippen LogP) is 4.11. The van der Waals surface area contributed by atoms with E-state index >= 15 is 0 Å². The van der Waals surface area contributed by atoms with Crippen LogP contribution in [0.25, 0.3) is 0 Å². The Labute approximate surface area is 183 Å². The van der Waals surface area contributed by atoms with Gasteiger partial charge in [-0.1, -0.05) is 6.07 Å². The number of carbonyl (C=O) groups excluding carboxylic acids is 2. The molecule has 0 bridgehead atoms. The summed E-state index contributed by atoms with van der Waals surface area (Å²) in [5.41, 5.74) is 1.34. The summed E-state index contributed by atoms with van der Waals surface area (Å²) in [6.45, 7) is 3.61. The zero-order valence-electron chi connectivity index (χ0n) is 17.6. The normalized spacial score (nSPS) is 16.6. The van der Waals surface area contributed by atoms with E-state index in [0.29, 0.717) is 43.4 Å². The molecule has 2 aliphatic rings. The number of halogens is 3. The largest absolute Gasteiger partial charge is 0.417 e. The van der Waals surface area contributed by atoms with Crippen molar-refractivity contribution in [3.8, 4) is 0 Å². The van der Waals surface area contributed by atoms with Crippen LogP contribution in [0.2, 0.25) is 0 Å². The zero-order chi connectivity index (χ0) is 22.9. The molecular formula is C22H24F3N5O2. The first-order valence-corrected chi connectivity index (χ1v) is 10.5. The highest BCUT2D eigenvalue weighted by Crippen LogP contribution is 2.31. The quantitative estimate of drug-likeness (QED) is 0.740. The first kappa shape index (κ1) is 21.9. The molecule has 2 N–H and O–H groups in total. The van der Waals surface area contributed by atoms with Crippen LogP contribution in [-0.2, 0) is 11.0 Å². The molecule has 10 heteroatoms. The highest BCUT2D eigenvalue weighted by atomic mass is 19.4. The third-order valence-corrected chi connectivity index (χ3v) is 5.66. The van der Waals surface area contributed by atoms with Crippen molar-refractivity contribution in [2.75, 3.05) is 41.7 Å². The number of anilines is 3. The third-order valence-electron chi connectivity index (χ3n) is 5.66. The standard InChI is InChI=1S/C22H24F3N5O2/c1-14-2-6-17(27-20(31)15-3-4-15)12-18(14)28-21(32)30-10-8-29(9-11-30)19-7-5-16(13-26-19)22(23,24)25/h2,5-7,12-13,15H,3-4,8-11H2,1H3,(H,27,31)(H,28,32). The highest BCUT2D eigenvalue weighted by Gasteiger charge is 2.31. The lowest BCUT2D eigenvalue weighted by Crippen LogP contribution is -2.50. The van der Waals surface area contributed by atoms with Gasteiger partial charge in [0.25, 0.3) is 0 Å². The Morgan fingerprint density at radius 1 is 1.03 bits per heavy atom. The maximum Gasteiger partial charge on any atom is 0.417 e. The Kier molecular flexibility index (Phi) is 5.94. The lowest BCUT2D eigenvalue weighted by atomic mass is 10.1. The molecule has 1 aromatic carbocycles. The van der Waals surface area contributed by atoms with Crippen LogP contribution >= 0.6 is 0 Å². The number of alkyl halides is 3. The molecule has 0 atom stereocenters. The fourth-order valence-corrected chi connectivity index (χ4v) is 3.50. The fraction of sp³-hybridized carbons (Fsp3) is 0.409. The summed E-state index contributed by atoms with van der Waals surface area (Å²) in [6.07, 6.45) is -1.77. The van der Waals surface area contributed by atoms with Crippen LogP contribution in [-0.4, -0.2) is 48.0 Å². The summed E-state index contributed by atoms with van der Waals surface area (Å²) >= 11 is 0. The average molecular weight is 447 g/mol. The minimum absolute atomic E-state index is 0.000808. The molecule has 1 saturated heterocycles. The van der Waals surface area contributed by atoms with E-state index in [1.54, 1.807) is 17.0 Å². The highest BCUT2D eigenvalue weighted by molar-refractivity contribution is 5.96. The molecule has 0 unspecified atom stereocenters. The van der Waals surface area contributed by atoms with Gasteiger partial charge in [0.15, 0.2) is 0 Å². The van der Waals surface area contributed by atoms with Crippen molar-refractivity contribution in [2.24, 2.45) is 5.92 Å². The molecular weight excluding hydrogens is 423 g/mol. The van der Waals surface area contributed by atoms with Gasteiger partial charge in [0.1, 0.15) is 5.82 Å². The van der Waals surface area contributed by atoms with Gasteiger partial charge < -0.3 is 20.4 Å². The monoisotopic (exact) mass is 447 g/mol. The Bertz CT molecular complexity index is 998. The molecule has 7 nitrogen and oxygen atoms in total. The van der Waals surface area contributed by atoms with Crippen molar-refractivity contribution < 1.29 is 22.8 Å². The molecule has 4 rings (SSSR count). The second kappa shape index (κ2) is 8.68. The van der Waals surface area contributed by atoms with Crippen molar-refractivity contribution >= 4 is 29.1 Å². The Morgan fingerprint density at radius 2 is 1.75 bits per heavy atom. The van der Waals surface area contributed by atoms with Gasteiger partial charge in [-0.25, -0.2) is 9.78 Å². The van der Waals surface area contributed by atoms with Crippen molar-refractivity contribution in [1.29, 1.82) is 0 Å². The maximum atomic E-state index is 12.7. The Morgan fingerprint density at radius 3 is 2.34 bits per heavy atom. The smallest absolute Gasteiger partial charge is 0.353 e. The molecule has 0 radical (unpaired) electrons. The van der Waals surface area contributed by atoms with E-state index in [2.05, 4.69) is 15.6 Å². The molecule has 1 aliphatic heterocycles. The van der Waals surface area contributed by atoms with Crippen molar-refractivity contribution in [3.63, 3.8) is 0 Å².